The van der Waals surface area contributed by atoms with Gasteiger partial charge in [0.2, 0.25) is 0 Å². The molecule has 1 fully saturated rings. The zero-order valence-electron chi connectivity index (χ0n) is 14.9. The minimum Gasteiger partial charge on any atom is -0.460 e. The van der Waals surface area contributed by atoms with E-state index in [9.17, 15) is 4.79 Å². The molecule has 2 aliphatic rings. The second-order valence-electron chi connectivity index (χ2n) is 8.37. The normalized spacial score (nSPS) is 27.1. The van der Waals surface area contributed by atoms with Crippen LogP contribution >= 0.6 is 0 Å². The average Bonchev–Trinajstić information content (AvgIpc) is 2.91. The molecule has 1 unspecified atom stereocenters. The van der Waals surface area contributed by atoms with Crippen LogP contribution in [0.1, 0.15) is 44.2 Å². The molecule has 3 atom stereocenters. The highest BCUT2D eigenvalue weighted by atomic mass is 16.6. The van der Waals surface area contributed by atoms with E-state index in [1.165, 1.54) is 22.0 Å². The highest BCUT2D eigenvalue weighted by Crippen LogP contribution is 2.44. The van der Waals surface area contributed by atoms with Gasteiger partial charge in [-0.2, -0.15) is 0 Å². The number of aromatic nitrogens is 1. The molecule has 2 heterocycles. The molecule has 1 N–H and O–H groups in total. The summed E-state index contributed by atoms with van der Waals surface area (Å²) < 4.78 is 5.66. The van der Waals surface area contributed by atoms with Gasteiger partial charge >= 0.3 is 5.97 Å². The topological polar surface area (TPSA) is 45.3 Å². The number of aromatic amines is 1. The number of piperidine rings is 1. The molecule has 1 aliphatic heterocycles. The summed E-state index contributed by atoms with van der Waals surface area (Å²) in [6.45, 7) is 6.60. The van der Waals surface area contributed by atoms with E-state index in [2.05, 4.69) is 41.3 Å². The second-order valence-corrected chi connectivity index (χ2v) is 8.37. The van der Waals surface area contributed by atoms with E-state index in [1.807, 2.05) is 20.8 Å². The first kappa shape index (κ1) is 15.7. The van der Waals surface area contributed by atoms with E-state index >= 15 is 0 Å². The summed E-state index contributed by atoms with van der Waals surface area (Å²) in [7, 11) is 2.14. The van der Waals surface area contributed by atoms with Crippen molar-refractivity contribution < 1.29 is 9.53 Å². The number of esters is 1. The number of carbonyl (C=O) groups excluding carboxylic acids is 1. The summed E-state index contributed by atoms with van der Waals surface area (Å²) in [4.78, 5) is 18.4. The summed E-state index contributed by atoms with van der Waals surface area (Å²) in [6.07, 6.45) is 4.09. The molecule has 1 aliphatic carbocycles. The third-order valence-electron chi connectivity index (χ3n) is 5.47. The molecule has 1 aromatic heterocycles. The maximum atomic E-state index is 12.6. The summed E-state index contributed by atoms with van der Waals surface area (Å²) >= 11 is 0. The first-order valence-electron chi connectivity index (χ1n) is 8.85. The van der Waals surface area contributed by atoms with Crippen molar-refractivity contribution in [3.8, 4) is 0 Å². The maximum absolute atomic E-state index is 12.6. The second kappa shape index (κ2) is 5.35. The van der Waals surface area contributed by atoms with Gasteiger partial charge in [-0.3, -0.25) is 4.79 Å². The number of nitrogens with zero attached hydrogens (tertiary/aromatic N) is 1. The maximum Gasteiger partial charge on any atom is 0.310 e. The zero-order chi connectivity index (χ0) is 17.1. The molecule has 4 rings (SSSR count). The van der Waals surface area contributed by atoms with Gasteiger partial charge in [0.05, 0.1) is 5.92 Å². The lowest BCUT2D eigenvalue weighted by atomic mass is 9.72. The lowest BCUT2D eigenvalue weighted by Gasteiger charge is -2.45. The first-order chi connectivity index (χ1) is 11.3. The Hall–Kier alpha value is -1.81. The fourth-order valence-electron chi connectivity index (χ4n) is 4.50. The number of fused-ring (bicyclic) bond motifs is 2. The Balaban J connectivity index is 1.67. The van der Waals surface area contributed by atoms with E-state index < -0.39 is 5.60 Å². The van der Waals surface area contributed by atoms with Crippen LogP contribution in [0.25, 0.3) is 10.9 Å². The predicted molar refractivity (Wildman–Crippen MR) is 95.1 cm³/mol. The average molecular weight is 326 g/mol. The van der Waals surface area contributed by atoms with Crippen molar-refractivity contribution in [2.45, 2.75) is 51.2 Å². The number of likely N-dealkylation sites (tertiary alicyclic amines) is 1. The molecule has 128 valence electrons. The summed E-state index contributed by atoms with van der Waals surface area (Å²) in [5.41, 5.74) is 3.58. The Morgan fingerprint density at radius 1 is 1.33 bits per heavy atom. The van der Waals surface area contributed by atoms with Crippen LogP contribution in [0.3, 0.4) is 0 Å². The van der Waals surface area contributed by atoms with Crippen LogP contribution in [0.4, 0.5) is 0 Å². The molecular formula is C20H26N2O2. The van der Waals surface area contributed by atoms with Crippen LogP contribution < -0.4 is 0 Å². The highest BCUT2D eigenvalue weighted by Gasteiger charge is 2.42. The van der Waals surface area contributed by atoms with Crippen LogP contribution in [0.2, 0.25) is 0 Å². The number of benzene rings is 1. The molecule has 0 bridgehead atoms. The Kier molecular flexibility index (Phi) is 3.50. The third-order valence-corrected chi connectivity index (χ3v) is 5.47. The standard InChI is InChI=1S/C20H26N2O2/c1-20(2,3)24-19(23)13-8-15-14-6-5-7-16-18(14)12(10-21-16)9-17(15)22(4)11-13/h5-7,10,13,15,17,21H,8-9,11H2,1-4H3/t13?,15-,17-/m1/s1. The molecule has 2 aromatic rings. The largest absolute Gasteiger partial charge is 0.460 e. The van der Waals surface area contributed by atoms with Crippen LogP contribution in [0.15, 0.2) is 24.4 Å². The number of rotatable bonds is 1. The quantitative estimate of drug-likeness (QED) is 0.816. The summed E-state index contributed by atoms with van der Waals surface area (Å²) in [5, 5.41) is 1.37. The van der Waals surface area contributed by atoms with Crippen molar-refractivity contribution >= 4 is 16.9 Å². The Morgan fingerprint density at radius 2 is 2.12 bits per heavy atom. The number of likely N-dealkylation sites (N-methyl/N-ethyl adjacent to an activating group) is 1. The number of H-pyrrole nitrogens is 1. The minimum atomic E-state index is -0.424. The van der Waals surface area contributed by atoms with Gasteiger partial charge < -0.3 is 14.6 Å². The van der Waals surface area contributed by atoms with Crippen molar-refractivity contribution in [3.63, 3.8) is 0 Å². The molecule has 0 saturated carbocycles. The first-order valence-corrected chi connectivity index (χ1v) is 8.85. The monoisotopic (exact) mass is 326 g/mol. The number of ether oxygens (including phenoxy) is 1. The highest BCUT2D eigenvalue weighted by molar-refractivity contribution is 5.88. The molecule has 4 nitrogen and oxygen atoms in total. The van der Waals surface area contributed by atoms with Gasteiger partial charge in [-0.1, -0.05) is 12.1 Å². The van der Waals surface area contributed by atoms with Crippen LogP contribution in [-0.2, 0) is 16.0 Å². The van der Waals surface area contributed by atoms with E-state index in [-0.39, 0.29) is 11.9 Å². The van der Waals surface area contributed by atoms with Crippen LogP contribution in [0.5, 0.6) is 0 Å². The molecule has 1 saturated heterocycles. The van der Waals surface area contributed by atoms with Gasteiger partial charge in [0, 0.05) is 35.6 Å². The fourth-order valence-corrected chi connectivity index (χ4v) is 4.50. The van der Waals surface area contributed by atoms with E-state index in [4.69, 9.17) is 4.74 Å². The molecule has 1 aromatic carbocycles. The predicted octanol–water partition coefficient (Wildman–Crippen LogP) is 3.47. The number of carbonyl (C=O) groups is 1. The molecule has 0 radical (unpaired) electrons. The zero-order valence-corrected chi connectivity index (χ0v) is 14.9. The van der Waals surface area contributed by atoms with Gasteiger partial charge in [0.1, 0.15) is 5.60 Å². The number of nitrogens with one attached hydrogen (secondary N) is 1. The van der Waals surface area contributed by atoms with Gasteiger partial charge in [-0.05, 0) is 57.9 Å². The van der Waals surface area contributed by atoms with Crippen molar-refractivity contribution in [3.05, 3.63) is 35.5 Å². The number of hydrogen-bond donors (Lipinski definition) is 1. The fraction of sp³-hybridized carbons (Fsp3) is 0.550. The molecular weight excluding hydrogens is 300 g/mol. The Labute approximate surface area is 143 Å². The van der Waals surface area contributed by atoms with Gasteiger partial charge in [0.25, 0.3) is 0 Å². The molecule has 24 heavy (non-hydrogen) atoms. The third kappa shape index (κ3) is 2.53. The van der Waals surface area contributed by atoms with Crippen LogP contribution in [-0.4, -0.2) is 41.1 Å². The SMILES string of the molecule is CN1CC(C(=O)OC(C)(C)C)C[C@@H]2c3cccc4[nH]cc(c34)C[C@H]21. The van der Waals surface area contributed by atoms with Crippen molar-refractivity contribution in [1.82, 2.24) is 9.88 Å². The molecule has 0 spiro atoms. The summed E-state index contributed by atoms with van der Waals surface area (Å²) in [5.74, 6) is 0.291. The number of hydrogen-bond acceptors (Lipinski definition) is 3. The van der Waals surface area contributed by atoms with Crippen molar-refractivity contribution in [2.75, 3.05) is 13.6 Å². The van der Waals surface area contributed by atoms with Gasteiger partial charge in [-0.15, -0.1) is 0 Å². The van der Waals surface area contributed by atoms with E-state index in [0.717, 1.165) is 19.4 Å². The molecule has 4 heteroatoms. The minimum absolute atomic E-state index is 0.0498. The Morgan fingerprint density at radius 3 is 2.88 bits per heavy atom. The smallest absolute Gasteiger partial charge is 0.310 e. The van der Waals surface area contributed by atoms with E-state index in [0.29, 0.717) is 12.0 Å². The summed E-state index contributed by atoms with van der Waals surface area (Å²) in [6, 6.07) is 6.97. The van der Waals surface area contributed by atoms with Crippen LogP contribution in [0, 0.1) is 5.92 Å². The van der Waals surface area contributed by atoms with Gasteiger partial charge in [0.15, 0.2) is 0 Å². The van der Waals surface area contributed by atoms with Gasteiger partial charge in [-0.25, -0.2) is 0 Å². The Bertz CT molecular complexity index is 787. The lowest BCUT2D eigenvalue weighted by Crippen LogP contribution is -2.50. The van der Waals surface area contributed by atoms with Crippen molar-refractivity contribution in [1.29, 1.82) is 0 Å². The lowest BCUT2D eigenvalue weighted by molar-refractivity contribution is -0.162. The molecule has 0 amide bonds. The van der Waals surface area contributed by atoms with Crippen molar-refractivity contribution in [2.24, 2.45) is 5.92 Å². The van der Waals surface area contributed by atoms with E-state index in [1.54, 1.807) is 0 Å².